The fourth-order valence-electron chi connectivity index (χ4n) is 1.83. The summed E-state index contributed by atoms with van der Waals surface area (Å²) in [5, 5.41) is -0.221. The van der Waals surface area contributed by atoms with Crippen LogP contribution in [0.2, 0.25) is 5.02 Å². The van der Waals surface area contributed by atoms with Crippen molar-refractivity contribution in [1.29, 1.82) is 0 Å². The molecule has 134 valence electrons. The van der Waals surface area contributed by atoms with Crippen molar-refractivity contribution in [2.75, 3.05) is 12.5 Å². The van der Waals surface area contributed by atoms with Gasteiger partial charge in [0.05, 0.1) is 10.6 Å². The van der Waals surface area contributed by atoms with Gasteiger partial charge in [-0.05, 0) is 36.4 Å². The molecule has 0 saturated carbocycles. The minimum atomic E-state index is -4.51. The number of benzene rings is 2. The van der Waals surface area contributed by atoms with Crippen LogP contribution in [-0.2, 0) is 15.9 Å². The van der Waals surface area contributed by atoms with Gasteiger partial charge in [0.25, 0.3) is 5.91 Å². The predicted molar refractivity (Wildman–Crippen MR) is 89.7 cm³/mol. The number of hydrogen-bond donors (Lipinski definition) is 0. The Kier molecular flexibility index (Phi) is 5.43. The van der Waals surface area contributed by atoms with Crippen molar-refractivity contribution in [1.82, 2.24) is 0 Å². The van der Waals surface area contributed by atoms with Crippen molar-refractivity contribution < 1.29 is 26.9 Å². The summed E-state index contributed by atoms with van der Waals surface area (Å²) >= 11 is 5.83. The summed E-state index contributed by atoms with van der Waals surface area (Å²) in [6, 6.07) is 8.49. The van der Waals surface area contributed by atoms with Crippen LogP contribution in [0.25, 0.3) is 0 Å². The van der Waals surface area contributed by atoms with E-state index in [0.717, 1.165) is 18.2 Å². The van der Waals surface area contributed by atoms with Gasteiger partial charge in [0, 0.05) is 27.8 Å². The molecule has 0 radical (unpaired) electrons. The molecular formula is C16H13ClF3NO3S. The van der Waals surface area contributed by atoms with E-state index in [4.69, 9.17) is 16.3 Å². The van der Waals surface area contributed by atoms with Crippen LogP contribution in [-0.4, -0.2) is 22.6 Å². The number of nitrogens with zero attached hydrogens (tertiary/aromatic N) is 1. The van der Waals surface area contributed by atoms with E-state index in [2.05, 4.69) is 4.36 Å². The van der Waals surface area contributed by atoms with E-state index < -0.39 is 27.4 Å². The minimum absolute atomic E-state index is 0.00554. The Morgan fingerprint density at radius 2 is 1.84 bits per heavy atom. The third kappa shape index (κ3) is 5.47. The van der Waals surface area contributed by atoms with Crippen LogP contribution in [0.1, 0.15) is 15.9 Å². The Hall–Kier alpha value is -2.06. The molecule has 0 aliphatic carbocycles. The number of halogens is 4. The van der Waals surface area contributed by atoms with E-state index in [1.54, 1.807) is 0 Å². The quantitative estimate of drug-likeness (QED) is 0.738. The monoisotopic (exact) mass is 391 g/mol. The average molecular weight is 392 g/mol. The molecule has 0 heterocycles. The summed E-state index contributed by atoms with van der Waals surface area (Å²) in [6.45, 7) is 0. The standard InChI is InChI=1S/C16H13ClF3NO3S/c1-25(2,23)21-15(22)10-4-3-5-12(8-10)24-14-7-6-11(9-13(14)17)16(18,19)20/h3-9H,1-2H3. The Morgan fingerprint density at radius 1 is 1.16 bits per heavy atom. The fourth-order valence-corrected chi connectivity index (χ4v) is 2.56. The molecule has 0 atom stereocenters. The van der Waals surface area contributed by atoms with Gasteiger partial charge < -0.3 is 4.74 Å². The van der Waals surface area contributed by atoms with Gasteiger partial charge in [-0.25, -0.2) is 4.21 Å². The van der Waals surface area contributed by atoms with Crippen molar-refractivity contribution in [2.24, 2.45) is 4.36 Å². The lowest BCUT2D eigenvalue weighted by atomic mass is 10.2. The fraction of sp³-hybridized carbons (Fsp3) is 0.188. The molecule has 4 nitrogen and oxygen atoms in total. The number of carbonyl (C=O) groups excluding carboxylic acids is 1. The maximum atomic E-state index is 12.6. The first-order valence-corrected chi connectivity index (χ1v) is 9.53. The van der Waals surface area contributed by atoms with Crippen LogP contribution < -0.4 is 4.74 Å². The van der Waals surface area contributed by atoms with E-state index in [1.807, 2.05) is 0 Å². The third-order valence-corrected chi connectivity index (χ3v) is 3.77. The van der Waals surface area contributed by atoms with Crippen LogP contribution in [0.5, 0.6) is 11.5 Å². The summed E-state index contributed by atoms with van der Waals surface area (Å²) < 4.78 is 58.5. The Balaban J connectivity index is 2.29. The summed E-state index contributed by atoms with van der Waals surface area (Å²) in [5.74, 6) is -0.494. The van der Waals surface area contributed by atoms with Gasteiger partial charge in [-0.15, -0.1) is 0 Å². The molecule has 0 unspecified atom stereocenters. The van der Waals surface area contributed by atoms with Crippen molar-refractivity contribution in [3.8, 4) is 11.5 Å². The highest BCUT2D eigenvalue weighted by molar-refractivity contribution is 7.92. The molecule has 2 rings (SSSR count). The molecule has 0 aromatic heterocycles. The van der Waals surface area contributed by atoms with E-state index in [0.29, 0.717) is 0 Å². The molecule has 2 aromatic rings. The maximum Gasteiger partial charge on any atom is 0.416 e. The first kappa shape index (κ1) is 19.3. The second-order valence-electron chi connectivity index (χ2n) is 5.35. The average Bonchev–Trinajstić information content (AvgIpc) is 2.47. The molecule has 0 aliphatic rings. The molecular weight excluding hydrogens is 379 g/mol. The van der Waals surface area contributed by atoms with E-state index >= 15 is 0 Å². The van der Waals surface area contributed by atoms with Gasteiger partial charge in [-0.1, -0.05) is 17.7 Å². The van der Waals surface area contributed by atoms with E-state index in [1.165, 1.54) is 36.8 Å². The smallest absolute Gasteiger partial charge is 0.416 e. The van der Waals surface area contributed by atoms with Crippen LogP contribution in [0.15, 0.2) is 46.8 Å². The molecule has 0 saturated heterocycles. The van der Waals surface area contributed by atoms with Crippen LogP contribution in [0.4, 0.5) is 13.2 Å². The minimum Gasteiger partial charge on any atom is -0.456 e. The SMILES string of the molecule is CS(C)(=O)=NC(=O)c1cccc(Oc2ccc(C(F)(F)F)cc2Cl)c1. The number of ether oxygens (including phenoxy) is 1. The number of rotatable bonds is 3. The topological polar surface area (TPSA) is 55.7 Å². The van der Waals surface area contributed by atoms with Crippen molar-refractivity contribution in [2.45, 2.75) is 6.18 Å². The van der Waals surface area contributed by atoms with Gasteiger partial charge in [-0.2, -0.15) is 17.5 Å². The van der Waals surface area contributed by atoms with Crippen LogP contribution >= 0.6 is 11.6 Å². The largest absolute Gasteiger partial charge is 0.456 e. The lowest BCUT2D eigenvalue weighted by molar-refractivity contribution is -0.137. The highest BCUT2D eigenvalue weighted by Gasteiger charge is 2.31. The maximum absolute atomic E-state index is 12.6. The highest BCUT2D eigenvalue weighted by atomic mass is 35.5. The van der Waals surface area contributed by atoms with Gasteiger partial charge in [-0.3, -0.25) is 4.79 Å². The second kappa shape index (κ2) is 7.05. The molecule has 0 spiro atoms. The summed E-state index contributed by atoms with van der Waals surface area (Å²) in [7, 11) is -2.61. The van der Waals surface area contributed by atoms with Crippen LogP contribution in [0.3, 0.4) is 0 Å². The number of alkyl halides is 3. The van der Waals surface area contributed by atoms with Crippen molar-refractivity contribution in [3.63, 3.8) is 0 Å². The van der Waals surface area contributed by atoms with Crippen LogP contribution in [0, 0.1) is 0 Å². The lowest BCUT2D eigenvalue weighted by Crippen LogP contribution is -2.04. The zero-order valence-corrected chi connectivity index (χ0v) is 14.7. The predicted octanol–water partition coefficient (Wildman–Crippen LogP) is 5.02. The highest BCUT2D eigenvalue weighted by Crippen LogP contribution is 2.36. The number of hydrogen-bond acceptors (Lipinski definition) is 3. The molecule has 9 heteroatoms. The first-order chi connectivity index (χ1) is 11.5. The zero-order valence-electron chi connectivity index (χ0n) is 13.1. The van der Waals surface area contributed by atoms with Gasteiger partial charge in [0.15, 0.2) is 0 Å². The Labute approximate surface area is 147 Å². The number of carbonyl (C=O) groups is 1. The molecule has 25 heavy (non-hydrogen) atoms. The Morgan fingerprint density at radius 3 is 2.40 bits per heavy atom. The summed E-state index contributed by atoms with van der Waals surface area (Å²) in [5.41, 5.74) is -0.759. The second-order valence-corrected chi connectivity index (χ2v) is 8.30. The molecule has 0 fully saturated rings. The van der Waals surface area contributed by atoms with Gasteiger partial charge in [0.1, 0.15) is 11.5 Å². The molecule has 0 N–H and O–H groups in total. The number of amides is 1. The molecule has 0 bridgehead atoms. The van der Waals surface area contributed by atoms with Crippen molar-refractivity contribution in [3.05, 3.63) is 58.6 Å². The molecule has 1 amide bonds. The molecule has 2 aromatic carbocycles. The van der Waals surface area contributed by atoms with E-state index in [9.17, 15) is 22.2 Å². The lowest BCUT2D eigenvalue weighted by Gasteiger charge is -2.11. The molecule has 0 aliphatic heterocycles. The van der Waals surface area contributed by atoms with Crippen molar-refractivity contribution >= 4 is 27.2 Å². The van der Waals surface area contributed by atoms with Gasteiger partial charge in [0.2, 0.25) is 0 Å². The zero-order chi connectivity index (χ0) is 18.8. The summed E-state index contributed by atoms with van der Waals surface area (Å²) in [4.78, 5) is 11.9. The normalized spacial score (nSPS) is 11.9. The van der Waals surface area contributed by atoms with E-state index in [-0.39, 0.29) is 22.1 Å². The third-order valence-electron chi connectivity index (χ3n) is 2.87. The first-order valence-electron chi connectivity index (χ1n) is 6.82. The van der Waals surface area contributed by atoms with Gasteiger partial charge >= 0.3 is 6.18 Å². The summed E-state index contributed by atoms with van der Waals surface area (Å²) in [6.07, 6.45) is -1.86. The Bertz CT molecular complexity index is 926.